The van der Waals surface area contributed by atoms with Crippen LogP contribution in [-0.4, -0.2) is 65.0 Å². The number of aliphatic carboxylic acids is 1. The Labute approximate surface area is 96.7 Å². The number of rotatable bonds is 3. The second-order valence-corrected chi connectivity index (χ2v) is 2.95. The topological polar surface area (TPSA) is 159 Å². The van der Waals surface area contributed by atoms with Crippen molar-refractivity contribution in [1.82, 2.24) is 4.90 Å². The van der Waals surface area contributed by atoms with Gasteiger partial charge >= 0.3 is 5.97 Å². The van der Waals surface area contributed by atoms with Crippen LogP contribution in [0.4, 0.5) is 0 Å². The van der Waals surface area contributed by atoms with Crippen LogP contribution < -0.4 is 11.5 Å². The van der Waals surface area contributed by atoms with Gasteiger partial charge in [0.25, 0.3) is 11.8 Å². The molecule has 1 atom stereocenters. The molecule has 0 aliphatic carbocycles. The molecule has 0 saturated heterocycles. The molecule has 0 saturated carbocycles. The molecule has 9 nitrogen and oxygen atoms in total. The number of carbonyl (C=O) groups is 3. The Bertz CT molecular complexity index is 330. The number of amides is 2. The molecule has 1 heterocycles. The van der Waals surface area contributed by atoms with Crippen LogP contribution in [0.25, 0.3) is 0 Å². The van der Waals surface area contributed by atoms with Gasteiger partial charge in [-0.2, -0.15) is 0 Å². The molecule has 0 aromatic carbocycles. The first-order chi connectivity index (χ1) is 7.93. The van der Waals surface area contributed by atoms with Gasteiger partial charge in [-0.1, -0.05) is 0 Å². The fourth-order valence-electron chi connectivity index (χ4n) is 0.778. The maximum absolute atomic E-state index is 11.1. The van der Waals surface area contributed by atoms with E-state index in [1.807, 2.05) is 0 Å². The molecule has 96 valence electrons. The molecular formula is C8H14N4O5. The molecule has 1 aliphatic rings. The van der Waals surface area contributed by atoms with E-state index >= 15 is 0 Å². The summed E-state index contributed by atoms with van der Waals surface area (Å²) in [6, 6.07) is -1.04. The van der Waals surface area contributed by atoms with Crippen molar-refractivity contribution in [2.75, 3.05) is 19.7 Å². The second-order valence-electron chi connectivity index (χ2n) is 2.95. The van der Waals surface area contributed by atoms with E-state index < -0.39 is 30.4 Å². The molecule has 1 rings (SSSR count). The molecular weight excluding hydrogens is 232 g/mol. The first-order valence-electron chi connectivity index (χ1n) is 4.58. The summed E-state index contributed by atoms with van der Waals surface area (Å²) in [7, 11) is 0. The minimum atomic E-state index is -1.04. The first kappa shape index (κ1) is 15.2. The number of imide groups is 1. The molecule has 0 aromatic heterocycles. The van der Waals surface area contributed by atoms with Gasteiger partial charge in [0, 0.05) is 0 Å². The molecule has 1 aliphatic heterocycles. The van der Waals surface area contributed by atoms with Crippen molar-refractivity contribution in [1.29, 1.82) is 0 Å². The number of carboxylic acids is 1. The standard InChI is InChI=1S/C6H9N3O3.C2H5NO2/c7-4(2-10)6(12)9-3-8-1-5(9)11;3-1-2(4)5/h3-4,10H,1-2,7H2;1,3H2,(H,4,5)/t4-;/m0./s1. The summed E-state index contributed by atoms with van der Waals surface area (Å²) in [4.78, 5) is 35.6. The summed E-state index contributed by atoms with van der Waals surface area (Å²) < 4.78 is 0. The largest absolute Gasteiger partial charge is 0.480 e. The Morgan fingerprint density at radius 1 is 1.59 bits per heavy atom. The smallest absolute Gasteiger partial charge is 0.317 e. The van der Waals surface area contributed by atoms with E-state index in [1.54, 1.807) is 0 Å². The third-order valence-electron chi connectivity index (χ3n) is 1.62. The maximum Gasteiger partial charge on any atom is 0.317 e. The fraction of sp³-hybridized carbons (Fsp3) is 0.500. The minimum Gasteiger partial charge on any atom is -0.480 e. The number of aliphatic hydroxyl groups excluding tert-OH is 1. The van der Waals surface area contributed by atoms with Crippen LogP contribution >= 0.6 is 0 Å². The molecule has 0 radical (unpaired) electrons. The number of carboxylic acid groups (broad SMARTS) is 1. The van der Waals surface area contributed by atoms with E-state index in [1.165, 1.54) is 0 Å². The number of hydrogen-bond acceptors (Lipinski definition) is 7. The highest BCUT2D eigenvalue weighted by molar-refractivity contribution is 6.10. The molecule has 0 bridgehead atoms. The first-order valence-corrected chi connectivity index (χ1v) is 4.58. The third kappa shape index (κ3) is 5.15. The Kier molecular flexibility index (Phi) is 6.63. The van der Waals surface area contributed by atoms with Crippen molar-refractivity contribution in [3.05, 3.63) is 0 Å². The van der Waals surface area contributed by atoms with Crippen LogP contribution in [0.5, 0.6) is 0 Å². The van der Waals surface area contributed by atoms with E-state index in [0.717, 1.165) is 11.2 Å². The number of nitrogens with two attached hydrogens (primary N) is 2. The Hall–Kier alpha value is -1.84. The zero-order chi connectivity index (χ0) is 13.4. The summed E-state index contributed by atoms with van der Waals surface area (Å²) in [6.45, 7) is -0.777. The van der Waals surface area contributed by atoms with Gasteiger partial charge in [-0.15, -0.1) is 0 Å². The number of aliphatic imine (C=N–C) groups is 1. The lowest BCUT2D eigenvalue weighted by atomic mass is 10.3. The Morgan fingerprint density at radius 3 is 2.41 bits per heavy atom. The zero-order valence-corrected chi connectivity index (χ0v) is 8.94. The lowest BCUT2D eigenvalue weighted by Gasteiger charge is -2.13. The van der Waals surface area contributed by atoms with Crippen molar-refractivity contribution in [3.63, 3.8) is 0 Å². The van der Waals surface area contributed by atoms with Crippen molar-refractivity contribution < 1.29 is 24.6 Å². The van der Waals surface area contributed by atoms with Crippen LogP contribution in [0, 0.1) is 0 Å². The van der Waals surface area contributed by atoms with Gasteiger partial charge in [-0.25, -0.2) is 4.90 Å². The van der Waals surface area contributed by atoms with Crippen molar-refractivity contribution in [2.24, 2.45) is 16.5 Å². The predicted molar refractivity (Wildman–Crippen MR) is 57.0 cm³/mol. The molecule has 0 spiro atoms. The molecule has 0 unspecified atom stereocenters. The van der Waals surface area contributed by atoms with Gasteiger partial charge in [-0.05, 0) is 0 Å². The van der Waals surface area contributed by atoms with Gasteiger partial charge in [0.2, 0.25) is 0 Å². The van der Waals surface area contributed by atoms with Gasteiger partial charge in [-0.3, -0.25) is 19.4 Å². The monoisotopic (exact) mass is 246 g/mol. The summed E-state index contributed by atoms with van der Waals surface area (Å²) in [6.07, 6.45) is 1.13. The van der Waals surface area contributed by atoms with Crippen LogP contribution in [0.2, 0.25) is 0 Å². The lowest BCUT2D eigenvalue weighted by Crippen LogP contribution is -2.46. The van der Waals surface area contributed by atoms with Gasteiger partial charge in [0.1, 0.15) is 12.6 Å². The molecule has 6 N–H and O–H groups in total. The highest BCUT2D eigenvalue weighted by atomic mass is 16.4. The number of nitrogens with zero attached hydrogens (tertiary/aromatic N) is 2. The summed E-state index contributed by atoms with van der Waals surface area (Å²) in [5.74, 6) is -2.00. The van der Waals surface area contributed by atoms with E-state index in [-0.39, 0.29) is 13.1 Å². The number of aliphatic hydroxyl groups is 1. The van der Waals surface area contributed by atoms with E-state index in [2.05, 4.69) is 10.7 Å². The summed E-state index contributed by atoms with van der Waals surface area (Å²) in [5.41, 5.74) is 9.78. The summed E-state index contributed by atoms with van der Waals surface area (Å²) in [5, 5.41) is 16.1. The maximum atomic E-state index is 11.1. The van der Waals surface area contributed by atoms with E-state index in [4.69, 9.17) is 15.9 Å². The Balaban J connectivity index is 0.000000437. The van der Waals surface area contributed by atoms with Crippen molar-refractivity contribution in [2.45, 2.75) is 6.04 Å². The van der Waals surface area contributed by atoms with Crippen LogP contribution in [0.15, 0.2) is 4.99 Å². The molecule has 9 heteroatoms. The highest BCUT2D eigenvalue weighted by Crippen LogP contribution is 1.98. The third-order valence-corrected chi connectivity index (χ3v) is 1.62. The summed E-state index contributed by atoms with van der Waals surface area (Å²) >= 11 is 0. The molecule has 0 aromatic rings. The average molecular weight is 246 g/mol. The second kappa shape index (κ2) is 7.44. The van der Waals surface area contributed by atoms with Crippen LogP contribution in [0.3, 0.4) is 0 Å². The SMILES string of the molecule is NCC(=O)O.N[C@@H](CO)C(=O)N1C=NCC1=O. The molecule has 2 amide bonds. The predicted octanol–water partition coefficient (Wildman–Crippen LogP) is -3.27. The van der Waals surface area contributed by atoms with Crippen LogP contribution in [-0.2, 0) is 14.4 Å². The minimum absolute atomic E-state index is 0.0239. The molecule has 17 heavy (non-hydrogen) atoms. The van der Waals surface area contributed by atoms with Gasteiger partial charge in [0.05, 0.1) is 19.5 Å². The normalized spacial score (nSPS) is 15.2. The van der Waals surface area contributed by atoms with Crippen molar-refractivity contribution in [3.8, 4) is 0 Å². The molecule has 0 fully saturated rings. The lowest BCUT2D eigenvalue weighted by molar-refractivity contribution is -0.139. The average Bonchev–Trinajstić information content (AvgIpc) is 2.74. The number of carbonyl (C=O) groups excluding carboxylic acids is 2. The Morgan fingerprint density at radius 2 is 2.12 bits per heavy atom. The van der Waals surface area contributed by atoms with Gasteiger partial charge < -0.3 is 21.7 Å². The fourth-order valence-corrected chi connectivity index (χ4v) is 0.778. The van der Waals surface area contributed by atoms with E-state index in [9.17, 15) is 14.4 Å². The van der Waals surface area contributed by atoms with Crippen LogP contribution in [0.1, 0.15) is 0 Å². The quantitative estimate of drug-likeness (QED) is 0.406. The number of hydrogen-bond donors (Lipinski definition) is 4. The highest BCUT2D eigenvalue weighted by Gasteiger charge is 2.27. The van der Waals surface area contributed by atoms with Crippen molar-refractivity contribution >= 4 is 24.1 Å². The van der Waals surface area contributed by atoms with Gasteiger partial charge in [0.15, 0.2) is 0 Å². The van der Waals surface area contributed by atoms with E-state index in [0.29, 0.717) is 0 Å². The zero-order valence-electron chi connectivity index (χ0n) is 8.94.